The Morgan fingerprint density at radius 1 is 1.17 bits per heavy atom. The molecule has 1 aromatic carbocycles. The van der Waals surface area contributed by atoms with Gasteiger partial charge in [-0.1, -0.05) is 50.3 Å². The van der Waals surface area contributed by atoms with E-state index < -0.39 is 0 Å². The summed E-state index contributed by atoms with van der Waals surface area (Å²) in [6, 6.07) is 9.71. The van der Waals surface area contributed by atoms with Gasteiger partial charge in [-0.05, 0) is 39.3 Å². The van der Waals surface area contributed by atoms with E-state index in [2.05, 4.69) is 32.0 Å². The molecule has 1 heterocycles. The Kier molecular flexibility index (Phi) is 5.80. The van der Waals surface area contributed by atoms with Crippen LogP contribution in [0.15, 0.2) is 69.9 Å². The molecule has 126 valence electrons. The number of nitrogens with zero attached hydrogens (tertiary/aromatic N) is 1. The van der Waals surface area contributed by atoms with E-state index in [0.29, 0.717) is 17.3 Å². The van der Waals surface area contributed by atoms with Crippen molar-refractivity contribution in [2.75, 3.05) is 0 Å². The SMILES string of the molecule is C=C(OC(=C)c1cc2ccccc2o1)C(C)=N/C(C)=C(\C)CCC. The van der Waals surface area contributed by atoms with Gasteiger partial charge in [0.2, 0.25) is 0 Å². The Balaban J connectivity index is 2.10. The highest BCUT2D eigenvalue weighted by Crippen LogP contribution is 2.26. The Morgan fingerprint density at radius 2 is 1.88 bits per heavy atom. The van der Waals surface area contributed by atoms with Crippen LogP contribution >= 0.6 is 0 Å². The highest BCUT2D eigenvalue weighted by atomic mass is 16.5. The van der Waals surface area contributed by atoms with Crippen LogP contribution in [0.25, 0.3) is 16.7 Å². The Bertz CT molecular complexity index is 788. The summed E-state index contributed by atoms with van der Waals surface area (Å²) in [6.45, 7) is 16.1. The second-order valence-electron chi connectivity index (χ2n) is 5.91. The summed E-state index contributed by atoms with van der Waals surface area (Å²) < 4.78 is 11.5. The number of fused-ring (bicyclic) bond motifs is 1. The second-order valence-corrected chi connectivity index (χ2v) is 5.91. The first-order valence-electron chi connectivity index (χ1n) is 8.19. The number of aliphatic imine (C=N–C) groups is 1. The van der Waals surface area contributed by atoms with Gasteiger partial charge in [0.1, 0.15) is 11.3 Å². The van der Waals surface area contributed by atoms with Gasteiger partial charge in [0.05, 0.1) is 5.71 Å². The maximum absolute atomic E-state index is 5.75. The van der Waals surface area contributed by atoms with E-state index in [0.717, 1.165) is 35.2 Å². The van der Waals surface area contributed by atoms with Crippen LogP contribution in [0.1, 0.15) is 46.3 Å². The molecule has 3 heteroatoms. The van der Waals surface area contributed by atoms with E-state index in [9.17, 15) is 0 Å². The van der Waals surface area contributed by atoms with Crippen molar-refractivity contribution in [3.63, 3.8) is 0 Å². The molecular weight excluding hydrogens is 298 g/mol. The summed E-state index contributed by atoms with van der Waals surface area (Å²) in [4.78, 5) is 4.58. The predicted molar refractivity (Wildman–Crippen MR) is 102 cm³/mol. The molecule has 1 aromatic heterocycles. The van der Waals surface area contributed by atoms with Crippen molar-refractivity contribution >= 4 is 22.4 Å². The first kappa shape index (κ1) is 17.8. The van der Waals surface area contributed by atoms with Crippen molar-refractivity contribution in [2.24, 2.45) is 4.99 Å². The maximum atomic E-state index is 5.75. The molecule has 0 amide bonds. The molecule has 0 spiro atoms. The number of furan rings is 1. The third-order valence-electron chi connectivity index (χ3n) is 3.93. The van der Waals surface area contributed by atoms with E-state index in [1.165, 1.54) is 5.57 Å². The lowest BCUT2D eigenvalue weighted by Crippen LogP contribution is -2.01. The average molecular weight is 323 g/mol. The Hall–Kier alpha value is -2.55. The molecule has 0 saturated carbocycles. The number of hydrogen-bond acceptors (Lipinski definition) is 3. The molecule has 0 saturated heterocycles. The highest BCUT2D eigenvalue weighted by molar-refractivity contribution is 5.97. The Labute approximate surface area is 144 Å². The van der Waals surface area contributed by atoms with E-state index in [-0.39, 0.29) is 0 Å². The smallest absolute Gasteiger partial charge is 0.170 e. The normalized spacial score (nSPS) is 12.9. The zero-order valence-corrected chi connectivity index (χ0v) is 15.0. The van der Waals surface area contributed by atoms with Crippen LogP contribution in [-0.2, 0) is 4.74 Å². The maximum Gasteiger partial charge on any atom is 0.170 e. The number of rotatable bonds is 7. The monoisotopic (exact) mass is 323 g/mol. The van der Waals surface area contributed by atoms with Gasteiger partial charge in [0.25, 0.3) is 0 Å². The van der Waals surface area contributed by atoms with Gasteiger partial charge in [0.15, 0.2) is 11.5 Å². The van der Waals surface area contributed by atoms with Gasteiger partial charge < -0.3 is 9.15 Å². The van der Waals surface area contributed by atoms with Crippen molar-refractivity contribution in [2.45, 2.75) is 40.5 Å². The zero-order chi connectivity index (χ0) is 17.7. The minimum Gasteiger partial charge on any atom is -0.453 e. The molecule has 3 nitrogen and oxygen atoms in total. The average Bonchev–Trinajstić information content (AvgIpc) is 2.99. The van der Waals surface area contributed by atoms with Crippen molar-refractivity contribution in [1.82, 2.24) is 0 Å². The first-order chi connectivity index (χ1) is 11.4. The molecule has 0 unspecified atom stereocenters. The molecule has 2 aromatic rings. The lowest BCUT2D eigenvalue weighted by Gasteiger charge is -2.10. The highest BCUT2D eigenvalue weighted by Gasteiger charge is 2.11. The van der Waals surface area contributed by atoms with E-state index in [4.69, 9.17) is 9.15 Å². The molecule has 0 N–H and O–H groups in total. The standard InChI is InChI=1S/C21H25NO2/c1-7-10-14(2)15(3)22-16(4)17(5)23-18(6)21-13-19-11-8-9-12-20(19)24-21/h8-9,11-13H,5-7,10H2,1-4H3/b15-14+,22-16?. The van der Waals surface area contributed by atoms with Gasteiger partial charge in [-0.25, -0.2) is 0 Å². The number of allylic oxidation sites excluding steroid dienone is 3. The van der Waals surface area contributed by atoms with E-state index >= 15 is 0 Å². The number of para-hydroxylation sites is 1. The predicted octanol–water partition coefficient (Wildman–Crippen LogP) is 6.49. The van der Waals surface area contributed by atoms with Crippen molar-refractivity contribution < 1.29 is 9.15 Å². The molecular formula is C21H25NO2. The third-order valence-corrected chi connectivity index (χ3v) is 3.93. The zero-order valence-electron chi connectivity index (χ0n) is 15.0. The van der Waals surface area contributed by atoms with Crippen LogP contribution in [0.2, 0.25) is 0 Å². The number of ether oxygens (including phenoxy) is 1. The molecule has 0 bridgehead atoms. The number of hydrogen-bond donors (Lipinski definition) is 0. The van der Waals surface area contributed by atoms with Gasteiger partial charge in [0, 0.05) is 11.1 Å². The third kappa shape index (κ3) is 4.25. The molecule has 0 aliphatic heterocycles. The van der Waals surface area contributed by atoms with Gasteiger partial charge in [-0.3, -0.25) is 4.99 Å². The Morgan fingerprint density at radius 3 is 2.54 bits per heavy atom. The summed E-state index contributed by atoms with van der Waals surface area (Å²) in [5.41, 5.74) is 3.83. The minimum absolute atomic E-state index is 0.428. The van der Waals surface area contributed by atoms with Crippen LogP contribution < -0.4 is 0 Å². The van der Waals surface area contributed by atoms with E-state index in [1.807, 2.05) is 44.2 Å². The largest absolute Gasteiger partial charge is 0.453 e. The fraction of sp³-hybridized carbons (Fsp3) is 0.286. The quantitative estimate of drug-likeness (QED) is 0.431. The van der Waals surface area contributed by atoms with Crippen LogP contribution in [0, 0.1) is 0 Å². The van der Waals surface area contributed by atoms with Crippen LogP contribution in [0.4, 0.5) is 0 Å². The minimum atomic E-state index is 0.428. The van der Waals surface area contributed by atoms with Crippen LogP contribution in [-0.4, -0.2) is 5.71 Å². The number of benzene rings is 1. The van der Waals surface area contributed by atoms with Crippen molar-refractivity contribution in [1.29, 1.82) is 0 Å². The fourth-order valence-corrected chi connectivity index (χ4v) is 2.36. The molecule has 0 atom stereocenters. The van der Waals surface area contributed by atoms with Gasteiger partial charge >= 0.3 is 0 Å². The molecule has 0 radical (unpaired) electrons. The summed E-state index contributed by atoms with van der Waals surface area (Å²) in [5.74, 6) is 1.50. The molecule has 0 fully saturated rings. The summed E-state index contributed by atoms with van der Waals surface area (Å²) in [7, 11) is 0. The first-order valence-corrected chi connectivity index (χ1v) is 8.19. The summed E-state index contributed by atoms with van der Waals surface area (Å²) >= 11 is 0. The topological polar surface area (TPSA) is 34.7 Å². The summed E-state index contributed by atoms with van der Waals surface area (Å²) in [6.07, 6.45) is 2.15. The fourth-order valence-electron chi connectivity index (χ4n) is 2.36. The summed E-state index contributed by atoms with van der Waals surface area (Å²) in [5, 5.41) is 1.02. The second kappa shape index (κ2) is 7.82. The molecule has 24 heavy (non-hydrogen) atoms. The lowest BCUT2D eigenvalue weighted by molar-refractivity contribution is 0.394. The van der Waals surface area contributed by atoms with Gasteiger partial charge in [-0.15, -0.1) is 0 Å². The van der Waals surface area contributed by atoms with Crippen molar-refractivity contribution in [3.05, 3.63) is 66.3 Å². The lowest BCUT2D eigenvalue weighted by atomic mass is 10.1. The molecule has 0 aliphatic rings. The van der Waals surface area contributed by atoms with Gasteiger partial charge in [-0.2, -0.15) is 0 Å². The molecule has 0 aliphatic carbocycles. The van der Waals surface area contributed by atoms with Crippen LogP contribution in [0.5, 0.6) is 0 Å². The van der Waals surface area contributed by atoms with Crippen LogP contribution in [0.3, 0.4) is 0 Å². The van der Waals surface area contributed by atoms with Crippen molar-refractivity contribution in [3.8, 4) is 0 Å². The van der Waals surface area contributed by atoms with E-state index in [1.54, 1.807) is 0 Å². The molecule has 2 rings (SSSR count).